The summed E-state index contributed by atoms with van der Waals surface area (Å²) in [7, 11) is 3.34. The van der Waals surface area contributed by atoms with Crippen LogP contribution in [0.5, 0.6) is 5.75 Å². The van der Waals surface area contributed by atoms with Crippen LogP contribution in [0.15, 0.2) is 48.5 Å². The van der Waals surface area contributed by atoms with Gasteiger partial charge in [-0.1, -0.05) is 6.07 Å². The minimum Gasteiger partial charge on any atom is -0.497 e. The van der Waals surface area contributed by atoms with E-state index in [1.807, 2.05) is 13.8 Å². The Balaban J connectivity index is 1.83. The van der Waals surface area contributed by atoms with Gasteiger partial charge in [0.25, 0.3) is 17.7 Å². The maximum Gasteiger partial charge on any atom is 0.279 e. The van der Waals surface area contributed by atoms with Crippen LogP contribution in [0.25, 0.3) is 0 Å². The Morgan fingerprint density at radius 2 is 1.48 bits per heavy atom. The summed E-state index contributed by atoms with van der Waals surface area (Å²) in [6, 6.07) is 13.9. The minimum absolute atomic E-state index is 0.0332. The largest absolute Gasteiger partial charge is 0.497 e. The van der Waals surface area contributed by atoms with Crippen LogP contribution < -0.4 is 20.3 Å². The molecule has 0 aliphatic heterocycles. The molecule has 1 unspecified atom stereocenters. The van der Waals surface area contributed by atoms with Crippen LogP contribution in [0.3, 0.4) is 0 Å². The average Bonchev–Trinajstić information content (AvgIpc) is 2.74. The van der Waals surface area contributed by atoms with Gasteiger partial charge in [0.2, 0.25) is 0 Å². The van der Waals surface area contributed by atoms with Crippen molar-refractivity contribution in [2.75, 3.05) is 51.0 Å². The number of nitrogens with one attached hydrogen (secondary N) is 3. The van der Waals surface area contributed by atoms with E-state index < -0.39 is 0 Å². The second-order valence-corrected chi connectivity index (χ2v) is 7.19. The molecular weight excluding hydrogens is 396 g/mol. The molecule has 3 N–H and O–H groups in total. The van der Waals surface area contributed by atoms with Gasteiger partial charge in [-0.15, -0.1) is 0 Å². The number of amides is 3. The summed E-state index contributed by atoms with van der Waals surface area (Å²) in [4.78, 5) is 39.4. The Bertz CT molecular complexity index is 895. The first-order valence-corrected chi connectivity index (χ1v) is 10.3. The number of ether oxygens (including phenoxy) is 1. The standard InChI is InChI=1S/C23H30N4O4/c1-5-27(6-2)23(30)17-10-12-18(13-11-17)24-21(28)15-26(3)16-22(29)25-19-8-7-9-20(14-19)31-4/h7-14H,5-6,15-16H2,1-4H3,(H,24,28)(H,25,29)/p+1. The Labute approximate surface area is 183 Å². The lowest BCUT2D eigenvalue weighted by Crippen LogP contribution is -3.11. The van der Waals surface area contributed by atoms with Crippen LogP contribution in [-0.2, 0) is 9.59 Å². The third kappa shape index (κ3) is 7.42. The summed E-state index contributed by atoms with van der Waals surface area (Å²) < 4.78 is 5.14. The maximum atomic E-state index is 12.3. The molecule has 0 radical (unpaired) electrons. The molecule has 0 heterocycles. The fourth-order valence-electron chi connectivity index (χ4n) is 3.11. The van der Waals surface area contributed by atoms with Crippen molar-refractivity contribution in [2.45, 2.75) is 13.8 Å². The first-order valence-electron chi connectivity index (χ1n) is 10.3. The molecular formula is C23H31N4O4+. The average molecular weight is 428 g/mol. The summed E-state index contributed by atoms with van der Waals surface area (Å²) in [6.07, 6.45) is 0. The predicted octanol–water partition coefficient (Wildman–Crippen LogP) is 1.27. The van der Waals surface area contributed by atoms with Gasteiger partial charge in [-0.3, -0.25) is 14.4 Å². The Kier molecular flexibility index (Phi) is 9.02. The van der Waals surface area contributed by atoms with E-state index in [9.17, 15) is 14.4 Å². The summed E-state index contributed by atoms with van der Waals surface area (Å²) >= 11 is 0. The van der Waals surface area contributed by atoms with Crippen molar-refractivity contribution in [2.24, 2.45) is 0 Å². The Hall–Kier alpha value is -3.39. The van der Waals surface area contributed by atoms with Crippen molar-refractivity contribution in [3.8, 4) is 5.75 Å². The van der Waals surface area contributed by atoms with Crippen LogP contribution in [0.2, 0.25) is 0 Å². The molecule has 3 amide bonds. The van der Waals surface area contributed by atoms with Gasteiger partial charge in [0.1, 0.15) is 5.75 Å². The van der Waals surface area contributed by atoms with Gasteiger partial charge in [0.05, 0.1) is 14.2 Å². The molecule has 0 aliphatic carbocycles. The van der Waals surface area contributed by atoms with Gasteiger partial charge in [0, 0.05) is 36.1 Å². The lowest BCUT2D eigenvalue weighted by molar-refractivity contribution is -0.862. The maximum absolute atomic E-state index is 12.3. The lowest BCUT2D eigenvalue weighted by Gasteiger charge is -2.18. The fourth-order valence-corrected chi connectivity index (χ4v) is 3.11. The van der Waals surface area contributed by atoms with Crippen molar-refractivity contribution in [3.63, 3.8) is 0 Å². The number of carbonyl (C=O) groups is 3. The van der Waals surface area contributed by atoms with E-state index in [4.69, 9.17) is 4.74 Å². The first-order chi connectivity index (χ1) is 14.9. The lowest BCUT2D eigenvalue weighted by atomic mass is 10.1. The van der Waals surface area contributed by atoms with E-state index in [-0.39, 0.29) is 30.8 Å². The van der Waals surface area contributed by atoms with E-state index in [1.165, 1.54) is 0 Å². The number of quaternary nitrogens is 1. The zero-order valence-electron chi connectivity index (χ0n) is 18.5. The van der Waals surface area contributed by atoms with Crippen molar-refractivity contribution in [3.05, 3.63) is 54.1 Å². The smallest absolute Gasteiger partial charge is 0.279 e. The molecule has 166 valence electrons. The Morgan fingerprint density at radius 1 is 0.903 bits per heavy atom. The number of likely N-dealkylation sites (N-methyl/N-ethyl adjacent to an activating group) is 1. The minimum atomic E-state index is -0.213. The molecule has 0 aromatic heterocycles. The SMILES string of the molecule is CCN(CC)C(=O)c1ccc(NC(=O)C[NH+](C)CC(=O)Nc2cccc(OC)c2)cc1. The fraction of sp³-hybridized carbons (Fsp3) is 0.348. The van der Waals surface area contributed by atoms with Gasteiger partial charge in [-0.2, -0.15) is 0 Å². The molecule has 0 saturated heterocycles. The molecule has 2 aromatic carbocycles. The zero-order chi connectivity index (χ0) is 22.8. The van der Waals surface area contributed by atoms with Gasteiger partial charge in [-0.05, 0) is 50.2 Å². The number of methoxy groups -OCH3 is 1. The number of carbonyl (C=O) groups excluding carboxylic acids is 3. The molecule has 0 spiro atoms. The van der Waals surface area contributed by atoms with Gasteiger partial charge >= 0.3 is 0 Å². The monoisotopic (exact) mass is 427 g/mol. The topological polar surface area (TPSA) is 92.2 Å². The normalized spacial score (nSPS) is 11.4. The second-order valence-electron chi connectivity index (χ2n) is 7.19. The quantitative estimate of drug-likeness (QED) is 0.533. The van der Waals surface area contributed by atoms with Gasteiger partial charge in [-0.25, -0.2) is 0 Å². The van der Waals surface area contributed by atoms with Gasteiger partial charge < -0.3 is 25.2 Å². The summed E-state index contributed by atoms with van der Waals surface area (Å²) in [5, 5.41) is 5.60. The van der Waals surface area contributed by atoms with Crippen molar-refractivity contribution in [1.82, 2.24) is 4.90 Å². The van der Waals surface area contributed by atoms with E-state index in [1.54, 1.807) is 67.6 Å². The van der Waals surface area contributed by atoms with Crippen LogP contribution >= 0.6 is 0 Å². The molecule has 0 bridgehead atoms. The van der Waals surface area contributed by atoms with E-state index >= 15 is 0 Å². The number of anilines is 2. The molecule has 1 atom stereocenters. The number of rotatable bonds is 10. The highest BCUT2D eigenvalue weighted by Crippen LogP contribution is 2.16. The number of nitrogens with zero attached hydrogens (tertiary/aromatic N) is 1. The van der Waals surface area contributed by atoms with Crippen molar-refractivity contribution >= 4 is 29.1 Å². The second kappa shape index (κ2) is 11.7. The molecule has 2 aromatic rings. The number of hydrogen-bond acceptors (Lipinski definition) is 4. The molecule has 8 heteroatoms. The first kappa shape index (κ1) is 23.9. The summed E-state index contributed by atoms with van der Waals surface area (Å²) in [5.74, 6) is 0.212. The third-order valence-electron chi connectivity index (χ3n) is 4.74. The summed E-state index contributed by atoms with van der Waals surface area (Å²) in [6.45, 7) is 5.44. The highest BCUT2D eigenvalue weighted by Gasteiger charge is 2.16. The molecule has 0 fully saturated rings. The van der Waals surface area contributed by atoms with Crippen LogP contribution in [-0.4, -0.2) is 63.0 Å². The summed E-state index contributed by atoms with van der Waals surface area (Å²) in [5.41, 5.74) is 1.83. The zero-order valence-corrected chi connectivity index (χ0v) is 18.5. The van der Waals surface area contributed by atoms with Crippen molar-refractivity contribution < 1.29 is 24.0 Å². The Morgan fingerprint density at radius 3 is 2.03 bits per heavy atom. The van der Waals surface area contributed by atoms with E-state index in [0.717, 1.165) is 4.90 Å². The number of hydrogen-bond donors (Lipinski definition) is 3. The number of benzene rings is 2. The predicted molar refractivity (Wildman–Crippen MR) is 121 cm³/mol. The highest BCUT2D eigenvalue weighted by molar-refractivity contribution is 5.96. The van der Waals surface area contributed by atoms with Crippen LogP contribution in [0.4, 0.5) is 11.4 Å². The molecule has 0 aliphatic rings. The van der Waals surface area contributed by atoms with E-state index in [2.05, 4.69) is 10.6 Å². The van der Waals surface area contributed by atoms with Crippen molar-refractivity contribution in [1.29, 1.82) is 0 Å². The third-order valence-corrected chi connectivity index (χ3v) is 4.74. The molecule has 2 rings (SSSR count). The van der Waals surface area contributed by atoms with Gasteiger partial charge in [0.15, 0.2) is 13.1 Å². The highest BCUT2D eigenvalue weighted by atomic mass is 16.5. The van der Waals surface area contributed by atoms with Crippen LogP contribution in [0, 0.1) is 0 Å². The van der Waals surface area contributed by atoms with E-state index in [0.29, 0.717) is 35.8 Å². The van der Waals surface area contributed by atoms with Crippen LogP contribution in [0.1, 0.15) is 24.2 Å². The molecule has 8 nitrogen and oxygen atoms in total. The molecule has 0 saturated carbocycles. The molecule has 31 heavy (non-hydrogen) atoms.